The molecule has 3 heteroatoms. The fourth-order valence-electron chi connectivity index (χ4n) is 1.51. The number of hydrogen-bond donors (Lipinski definition) is 0. The highest BCUT2D eigenvalue weighted by atomic mass is 15.5. The lowest BCUT2D eigenvalue weighted by Crippen LogP contribution is -2.24. The molecule has 0 saturated carbocycles. The van der Waals surface area contributed by atoms with E-state index in [1.807, 2.05) is 4.68 Å². The van der Waals surface area contributed by atoms with Gasteiger partial charge in [0.2, 0.25) is 0 Å². The molecule has 0 N–H and O–H groups in total. The molecule has 0 bridgehead atoms. The molecule has 0 radical (unpaired) electrons. The van der Waals surface area contributed by atoms with Crippen molar-refractivity contribution in [3.63, 3.8) is 0 Å². The maximum Gasteiger partial charge on any atom is 0.0881 e. The molecular weight excluding hydrogens is 162 g/mol. The summed E-state index contributed by atoms with van der Waals surface area (Å²) in [6.07, 6.45) is 0. The molecule has 0 aliphatic rings. The van der Waals surface area contributed by atoms with Crippen molar-refractivity contribution < 1.29 is 0 Å². The van der Waals surface area contributed by atoms with Crippen molar-refractivity contribution in [3.8, 4) is 0 Å². The van der Waals surface area contributed by atoms with E-state index in [4.69, 9.17) is 0 Å². The molecule has 0 aliphatic heterocycles. The van der Waals surface area contributed by atoms with Gasteiger partial charge >= 0.3 is 0 Å². The number of aromatic nitrogens is 3. The van der Waals surface area contributed by atoms with Gasteiger partial charge in [0.15, 0.2) is 0 Å². The fourth-order valence-corrected chi connectivity index (χ4v) is 1.51. The van der Waals surface area contributed by atoms with Gasteiger partial charge in [-0.25, -0.2) is 4.68 Å². The van der Waals surface area contributed by atoms with Gasteiger partial charge in [0.1, 0.15) is 0 Å². The van der Waals surface area contributed by atoms with Gasteiger partial charge in [-0.3, -0.25) is 0 Å². The quantitative estimate of drug-likeness (QED) is 0.666. The van der Waals surface area contributed by atoms with Gasteiger partial charge in [-0.15, -0.1) is 5.10 Å². The van der Waals surface area contributed by atoms with E-state index in [-0.39, 0.29) is 5.54 Å². The first-order valence-electron chi connectivity index (χ1n) is 4.76. The molecule has 1 aromatic heterocycles. The van der Waals surface area contributed by atoms with Gasteiger partial charge in [-0.05, 0) is 33.6 Å². The van der Waals surface area contributed by atoms with E-state index in [9.17, 15) is 0 Å². The first kappa shape index (κ1) is 10.2. The van der Waals surface area contributed by atoms with Gasteiger partial charge in [-0.1, -0.05) is 19.1 Å². The van der Waals surface area contributed by atoms with Gasteiger partial charge in [0.05, 0.1) is 16.9 Å². The summed E-state index contributed by atoms with van der Waals surface area (Å²) in [4.78, 5) is 0. The highest BCUT2D eigenvalue weighted by Crippen LogP contribution is 2.21. The van der Waals surface area contributed by atoms with E-state index >= 15 is 0 Å². The van der Waals surface area contributed by atoms with E-state index in [2.05, 4.69) is 51.9 Å². The van der Waals surface area contributed by atoms with Crippen molar-refractivity contribution in [3.05, 3.63) is 11.4 Å². The molecule has 0 saturated heterocycles. The minimum atomic E-state index is 0.0320. The van der Waals surface area contributed by atoms with Crippen LogP contribution in [0.2, 0.25) is 0 Å². The standard InChI is InChI=1S/C10H19N3/c1-7(2)9-8(3)13(12-11-9)10(4,5)6/h7H,1-6H3. The summed E-state index contributed by atoms with van der Waals surface area (Å²) in [5, 5.41) is 8.37. The molecule has 0 amide bonds. The third kappa shape index (κ3) is 1.90. The van der Waals surface area contributed by atoms with Gasteiger partial charge in [0.25, 0.3) is 0 Å². The molecule has 1 aromatic rings. The molecule has 1 heterocycles. The van der Waals surface area contributed by atoms with Crippen molar-refractivity contribution in [2.24, 2.45) is 0 Å². The Bertz CT molecular complexity index is 292. The van der Waals surface area contributed by atoms with Crippen molar-refractivity contribution in [2.45, 2.75) is 53.0 Å². The Labute approximate surface area is 80.1 Å². The number of nitrogens with zero attached hydrogens (tertiary/aromatic N) is 3. The lowest BCUT2D eigenvalue weighted by atomic mass is 10.1. The smallest absolute Gasteiger partial charge is 0.0881 e. The van der Waals surface area contributed by atoms with Crippen molar-refractivity contribution in [1.82, 2.24) is 15.0 Å². The second-order valence-corrected chi connectivity index (χ2v) is 4.80. The van der Waals surface area contributed by atoms with Crippen LogP contribution >= 0.6 is 0 Å². The van der Waals surface area contributed by atoms with E-state index in [1.54, 1.807) is 0 Å². The van der Waals surface area contributed by atoms with Crippen LogP contribution in [0.3, 0.4) is 0 Å². The molecule has 0 unspecified atom stereocenters. The van der Waals surface area contributed by atoms with Crippen molar-refractivity contribution in [2.75, 3.05) is 0 Å². The van der Waals surface area contributed by atoms with Crippen LogP contribution in [0.25, 0.3) is 0 Å². The van der Waals surface area contributed by atoms with Crippen LogP contribution in [0.1, 0.15) is 51.9 Å². The minimum Gasteiger partial charge on any atom is -0.244 e. The van der Waals surface area contributed by atoms with E-state index < -0.39 is 0 Å². The zero-order valence-electron chi connectivity index (χ0n) is 9.42. The van der Waals surface area contributed by atoms with Crippen LogP contribution in [0.4, 0.5) is 0 Å². The highest BCUT2D eigenvalue weighted by molar-refractivity contribution is 5.13. The topological polar surface area (TPSA) is 30.7 Å². The third-order valence-corrected chi connectivity index (χ3v) is 2.11. The fraction of sp³-hybridized carbons (Fsp3) is 0.800. The molecule has 1 rings (SSSR count). The lowest BCUT2D eigenvalue weighted by molar-refractivity contribution is 0.339. The average molecular weight is 181 g/mol. The Kier molecular flexibility index (Phi) is 2.46. The molecule has 0 fully saturated rings. The van der Waals surface area contributed by atoms with Crippen LogP contribution in [0, 0.1) is 6.92 Å². The van der Waals surface area contributed by atoms with Crippen LogP contribution in [-0.4, -0.2) is 15.0 Å². The Morgan fingerprint density at radius 3 is 2.00 bits per heavy atom. The number of rotatable bonds is 1. The first-order valence-corrected chi connectivity index (χ1v) is 4.76. The van der Waals surface area contributed by atoms with Gasteiger partial charge in [0, 0.05) is 0 Å². The normalized spacial score (nSPS) is 12.5. The predicted octanol–water partition coefficient (Wildman–Crippen LogP) is 2.46. The van der Waals surface area contributed by atoms with Gasteiger partial charge in [-0.2, -0.15) is 0 Å². The summed E-state index contributed by atoms with van der Waals surface area (Å²) in [6, 6.07) is 0. The molecule has 3 nitrogen and oxygen atoms in total. The monoisotopic (exact) mass is 181 g/mol. The van der Waals surface area contributed by atoms with Gasteiger partial charge < -0.3 is 0 Å². The lowest BCUT2D eigenvalue weighted by Gasteiger charge is -2.20. The average Bonchev–Trinajstić information content (AvgIpc) is 2.28. The zero-order valence-corrected chi connectivity index (χ0v) is 9.42. The molecule has 0 spiro atoms. The first-order chi connectivity index (χ1) is 5.84. The SMILES string of the molecule is Cc1c(C(C)C)nnn1C(C)(C)C. The van der Waals surface area contributed by atoms with Crippen LogP contribution in [0.15, 0.2) is 0 Å². The molecule has 74 valence electrons. The van der Waals surface area contributed by atoms with Crippen molar-refractivity contribution >= 4 is 0 Å². The van der Waals surface area contributed by atoms with Crippen LogP contribution < -0.4 is 0 Å². The Hall–Kier alpha value is -0.860. The highest BCUT2D eigenvalue weighted by Gasteiger charge is 2.20. The largest absolute Gasteiger partial charge is 0.244 e. The maximum atomic E-state index is 4.19. The molecule has 13 heavy (non-hydrogen) atoms. The summed E-state index contributed by atoms with van der Waals surface area (Å²) in [7, 11) is 0. The number of hydrogen-bond acceptors (Lipinski definition) is 2. The summed E-state index contributed by atoms with van der Waals surface area (Å²) >= 11 is 0. The van der Waals surface area contributed by atoms with E-state index in [0.29, 0.717) is 5.92 Å². The second kappa shape index (κ2) is 3.13. The zero-order chi connectivity index (χ0) is 10.2. The summed E-state index contributed by atoms with van der Waals surface area (Å²) in [6.45, 7) is 12.8. The minimum absolute atomic E-state index is 0.0320. The van der Waals surface area contributed by atoms with Crippen LogP contribution in [-0.2, 0) is 5.54 Å². The summed E-state index contributed by atoms with van der Waals surface area (Å²) in [5.41, 5.74) is 2.32. The molecule has 0 atom stereocenters. The molecule has 0 aliphatic carbocycles. The maximum absolute atomic E-state index is 4.19. The van der Waals surface area contributed by atoms with E-state index in [1.165, 1.54) is 5.69 Å². The predicted molar refractivity (Wildman–Crippen MR) is 53.8 cm³/mol. The van der Waals surface area contributed by atoms with Crippen molar-refractivity contribution in [1.29, 1.82) is 0 Å². The summed E-state index contributed by atoms with van der Waals surface area (Å²) < 4.78 is 1.99. The molecule has 0 aromatic carbocycles. The Balaban J connectivity index is 3.14. The Morgan fingerprint density at radius 1 is 1.23 bits per heavy atom. The second-order valence-electron chi connectivity index (χ2n) is 4.80. The third-order valence-electron chi connectivity index (χ3n) is 2.11. The molecular formula is C10H19N3. The van der Waals surface area contributed by atoms with Crippen LogP contribution in [0.5, 0.6) is 0 Å². The Morgan fingerprint density at radius 2 is 1.77 bits per heavy atom. The van der Waals surface area contributed by atoms with E-state index in [0.717, 1.165) is 5.69 Å². The summed E-state index contributed by atoms with van der Waals surface area (Å²) in [5.74, 6) is 0.455.